The van der Waals surface area contributed by atoms with Gasteiger partial charge in [-0.15, -0.1) is 0 Å². The van der Waals surface area contributed by atoms with Gasteiger partial charge in [0.25, 0.3) is 0 Å². The van der Waals surface area contributed by atoms with Crippen molar-refractivity contribution in [1.29, 1.82) is 0 Å². The van der Waals surface area contributed by atoms with E-state index in [9.17, 15) is 9.59 Å². The molecule has 0 bridgehead atoms. The number of nitrogen functional groups attached to an aromatic ring is 3. The smallest absolute Gasteiger partial charge is 0.396 e. The number of anilines is 4. The minimum atomic E-state index is -0.678. The molecule has 0 fully saturated rings. The number of benzene rings is 1. The first kappa shape index (κ1) is 25.3. The summed E-state index contributed by atoms with van der Waals surface area (Å²) < 4.78 is 0. The van der Waals surface area contributed by atoms with Crippen molar-refractivity contribution >= 4 is 35.0 Å². The molecule has 0 aliphatic heterocycles. The van der Waals surface area contributed by atoms with Crippen LogP contribution >= 0.6 is 0 Å². The summed E-state index contributed by atoms with van der Waals surface area (Å²) >= 11 is 0. The lowest BCUT2D eigenvalue weighted by Gasteiger charge is -2.12. The van der Waals surface area contributed by atoms with Crippen molar-refractivity contribution in [3.05, 3.63) is 36.4 Å². The third-order valence-electron chi connectivity index (χ3n) is 3.84. The summed E-state index contributed by atoms with van der Waals surface area (Å²) in [4.78, 5) is 35.2. The fraction of sp³-hybridized carbons (Fsp3) is 0.316. The van der Waals surface area contributed by atoms with E-state index in [0.29, 0.717) is 35.9 Å². The van der Waals surface area contributed by atoms with Gasteiger partial charge in [-0.05, 0) is 43.7 Å². The number of unbranched alkanes of at least 4 members (excludes halogenated alkanes) is 1. The van der Waals surface area contributed by atoms with E-state index in [1.807, 2.05) is 0 Å². The summed E-state index contributed by atoms with van der Waals surface area (Å²) in [5, 5.41) is 4.82. The molecule has 1 aromatic heterocycles. The van der Waals surface area contributed by atoms with Gasteiger partial charge in [0.15, 0.2) is 0 Å². The molecule has 2 aromatic rings. The van der Waals surface area contributed by atoms with E-state index < -0.39 is 12.1 Å². The van der Waals surface area contributed by atoms with Gasteiger partial charge in [-0.25, -0.2) is 14.7 Å². The van der Waals surface area contributed by atoms with Crippen molar-refractivity contribution in [3.8, 4) is 5.75 Å². The number of pyridine rings is 1. The Balaban J connectivity index is 0.000000327. The van der Waals surface area contributed by atoms with Crippen LogP contribution < -0.4 is 44.2 Å². The standard InChI is InChI=1S/C11H20N6O.C8H10N2O3/c12-6-2-1-3-8(14)11(18)17-9-5-4-7(13)10(15)16-9;1-10-8(11)13-12-7-5-3-2-4-6(7)9/h4-5,8H,1-3,6,12-14H2,(H3,15,16,17,18);2-5H,9H2,1H3,(H,10,11). The number of aromatic nitrogens is 1. The van der Waals surface area contributed by atoms with Crippen molar-refractivity contribution < 1.29 is 19.4 Å². The van der Waals surface area contributed by atoms with E-state index in [-0.39, 0.29) is 11.7 Å². The molecule has 0 radical (unpaired) electrons. The number of hydrogen-bond donors (Lipinski definition) is 7. The molecule has 1 heterocycles. The fourth-order valence-electron chi connectivity index (χ4n) is 2.09. The molecule has 2 rings (SSSR count). The van der Waals surface area contributed by atoms with Crippen LogP contribution in [0.3, 0.4) is 0 Å². The summed E-state index contributed by atoms with van der Waals surface area (Å²) in [6.07, 6.45) is 1.59. The van der Waals surface area contributed by atoms with Gasteiger partial charge < -0.3 is 39.3 Å². The van der Waals surface area contributed by atoms with Gasteiger partial charge in [0.1, 0.15) is 11.6 Å². The summed E-state index contributed by atoms with van der Waals surface area (Å²) in [6, 6.07) is 9.30. The van der Waals surface area contributed by atoms with Crippen molar-refractivity contribution in [2.45, 2.75) is 25.3 Å². The second kappa shape index (κ2) is 13.5. The normalized spacial score (nSPS) is 10.8. The van der Waals surface area contributed by atoms with Crippen LogP contribution in [0.15, 0.2) is 36.4 Å². The lowest BCUT2D eigenvalue weighted by molar-refractivity contribution is -0.141. The summed E-state index contributed by atoms with van der Waals surface area (Å²) in [5.41, 5.74) is 28.5. The quantitative estimate of drug-likeness (QED) is 0.132. The minimum Gasteiger partial charge on any atom is -0.396 e. The van der Waals surface area contributed by atoms with Crippen LogP contribution in [0, 0.1) is 0 Å². The Hall–Kier alpha value is -3.77. The number of para-hydroxylation sites is 2. The SMILES string of the molecule is CNC(=O)OOc1ccccc1N.NCCCCC(N)C(=O)Nc1ccc(N)c(N)n1. The van der Waals surface area contributed by atoms with Crippen LogP contribution in [0.2, 0.25) is 0 Å². The average molecular weight is 435 g/mol. The number of carbonyl (C=O) groups excluding carboxylic acids is 2. The van der Waals surface area contributed by atoms with Gasteiger partial charge >= 0.3 is 6.09 Å². The van der Waals surface area contributed by atoms with Crippen LogP contribution in [0.5, 0.6) is 5.75 Å². The molecule has 1 unspecified atom stereocenters. The lowest BCUT2D eigenvalue weighted by atomic mass is 10.1. The van der Waals surface area contributed by atoms with E-state index in [2.05, 4.69) is 25.4 Å². The van der Waals surface area contributed by atoms with Gasteiger partial charge in [-0.1, -0.05) is 18.6 Å². The molecule has 0 aliphatic rings. The zero-order valence-electron chi connectivity index (χ0n) is 17.3. The van der Waals surface area contributed by atoms with Crippen LogP contribution in [0.1, 0.15) is 19.3 Å². The predicted molar refractivity (Wildman–Crippen MR) is 120 cm³/mol. The molecule has 0 spiro atoms. The number of nitrogens with one attached hydrogen (secondary N) is 2. The fourth-order valence-corrected chi connectivity index (χ4v) is 2.09. The Kier molecular flexibility index (Phi) is 11.0. The molecular formula is C19H30N8O4. The van der Waals surface area contributed by atoms with Crippen molar-refractivity contribution in [2.75, 3.05) is 36.1 Å². The number of carbonyl (C=O) groups is 2. The first-order valence-corrected chi connectivity index (χ1v) is 9.47. The molecule has 12 heteroatoms. The van der Waals surface area contributed by atoms with E-state index in [1.54, 1.807) is 36.4 Å². The van der Waals surface area contributed by atoms with Crippen LogP contribution in [-0.2, 0) is 9.68 Å². The highest BCUT2D eigenvalue weighted by Gasteiger charge is 2.13. The Morgan fingerprint density at radius 1 is 1.06 bits per heavy atom. The molecule has 0 saturated carbocycles. The number of amides is 2. The van der Waals surface area contributed by atoms with Crippen molar-refractivity contribution in [3.63, 3.8) is 0 Å². The first-order valence-electron chi connectivity index (χ1n) is 9.47. The lowest BCUT2D eigenvalue weighted by Crippen LogP contribution is -2.35. The van der Waals surface area contributed by atoms with Gasteiger partial charge in [0, 0.05) is 7.05 Å². The second-order valence-corrected chi connectivity index (χ2v) is 6.29. The average Bonchev–Trinajstić information content (AvgIpc) is 2.76. The topological polar surface area (TPSA) is 220 Å². The Morgan fingerprint density at radius 2 is 1.77 bits per heavy atom. The maximum absolute atomic E-state index is 11.7. The van der Waals surface area contributed by atoms with E-state index in [0.717, 1.165) is 12.8 Å². The third-order valence-corrected chi connectivity index (χ3v) is 3.84. The summed E-state index contributed by atoms with van der Waals surface area (Å²) in [7, 11) is 1.43. The highest BCUT2D eigenvalue weighted by atomic mass is 17.2. The van der Waals surface area contributed by atoms with E-state index >= 15 is 0 Å². The molecular weight excluding hydrogens is 404 g/mol. The summed E-state index contributed by atoms with van der Waals surface area (Å²) in [5.74, 6) is 0.556. The molecule has 1 atom stereocenters. The van der Waals surface area contributed by atoms with Gasteiger partial charge in [0.05, 0.1) is 17.4 Å². The van der Waals surface area contributed by atoms with Crippen LogP contribution in [0.25, 0.3) is 0 Å². The van der Waals surface area contributed by atoms with Gasteiger partial charge in [0.2, 0.25) is 11.7 Å². The maximum atomic E-state index is 11.7. The molecule has 170 valence electrons. The predicted octanol–water partition coefficient (Wildman–Crippen LogP) is 0.559. The van der Waals surface area contributed by atoms with Gasteiger partial charge in [-0.3, -0.25) is 9.68 Å². The zero-order chi connectivity index (χ0) is 23.2. The maximum Gasteiger partial charge on any atom is 0.450 e. The number of nitrogens with two attached hydrogens (primary N) is 5. The van der Waals surface area contributed by atoms with Crippen molar-refractivity contribution in [2.24, 2.45) is 11.5 Å². The molecule has 0 saturated heterocycles. The Morgan fingerprint density at radius 3 is 2.39 bits per heavy atom. The number of nitrogens with zero attached hydrogens (tertiary/aromatic N) is 1. The monoisotopic (exact) mass is 434 g/mol. The highest BCUT2D eigenvalue weighted by Crippen LogP contribution is 2.19. The number of rotatable bonds is 8. The van der Waals surface area contributed by atoms with E-state index in [1.165, 1.54) is 7.05 Å². The molecule has 2 amide bonds. The van der Waals surface area contributed by atoms with Crippen LogP contribution in [-0.4, -0.2) is 36.6 Å². The molecule has 0 aliphatic carbocycles. The molecule has 12 nitrogen and oxygen atoms in total. The molecule has 31 heavy (non-hydrogen) atoms. The van der Waals surface area contributed by atoms with Crippen LogP contribution in [0.4, 0.5) is 27.8 Å². The Bertz CT molecular complexity index is 849. The highest BCUT2D eigenvalue weighted by molar-refractivity contribution is 5.94. The molecule has 1 aromatic carbocycles. The zero-order valence-corrected chi connectivity index (χ0v) is 17.3. The second-order valence-electron chi connectivity index (χ2n) is 6.29. The van der Waals surface area contributed by atoms with Crippen molar-refractivity contribution in [1.82, 2.24) is 10.3 Å². The van der Waals surface area contributed by atoms with Gasteiger partial charge in [-0.2, -0.15) is 0 Å². The first-order chi connectivity index (χ1) is 14.8. The Labute approximate surface area is 180 Å². The largest absolute Gasteiger partial charge is 0.450 e. The third kappa shape index (κ3) is 9.51. The minimum absolute atomic E-state index is 0.185. The molecule has 12 N–H and O–H groups in total. The van der Waals surface area contributed by atoms with E-state index in [4.69, 9.17) is 28.7 Å². The number of hydrogen-bond acceptors (Lipinski definition) is 10. The summed E-state index contributed by atoms with van der Waals surface area (Å²) in [6.45, 7) is 0.602.